The number of carbonyl (C=O) groups excluding carboxylic acids is 2. The second kappa shape index (κ2) is 11.0. The van der Waals surface area contributed by atoms with E-state index in [-0.39, 0.29) is 12.6 Å². The normalized spacial score (nSPS) is 23.1. The third-order valence-electron chi connectivity index (χ3n) is 6.94. The van der Waals surface area contributed by atoms with Gasteiger partial charge in [-0.15, -0.1) is 0 Å². The molecule has 3 aliphatic rings. The summed E-state index contributed by atoms with van der Waals surface area (Å²) in [6.07, 6.45) is 6.21. The number of urea groups is 1. The summed E-state index contributed by atoms with van der Waals surface area (Å²) in [4.78, 5) is 30.5. The molecule has 2 fully saturated rings. The summed E-state index contributed by atoms with van der Waals surface area (Å²) in [5.74, 6) is 0.321. The maximum Gasteiger partial charge on any atom is 0.338 e. The molecule has 2 saturated heterocycles. The molecule has 8 nitrogen and oxygen atoms in total. The molecule has 0 bridgehead atoms. The average Bonchev–Trinajstić information content (AvgIpc) is 2.85. The summed E-state index contributed by atoms with van der Waals surface area (Å²) in [6, 6.07) is 7.18. The molecule has 3 heterocycles. The molecule has 0 saturated carbocycles. The van der Waals surface area contributed by atoms with E-state index in [2.05, 4.69) is 20.4 Å². The third kappa shape index (κ3) is 5.68. The van der Waals surface area contributed by atoms with Gasteiger partial charge in [0.1, 0.15) is 5.75 Å². The van der Waals surface area contributed by atoms with Gasteiger partial charge in [-0.2, -0.15) is 0 Å². The summed E-state index contributed by atoms with van der Waals surface area (Å²) in [7, 11) is 1.61. The maximum atomic E-state index is 13.0. The highest BCUT2D eigenvalue weighted by atomic mass is 16.5. The molecular formula is C25H36N4O4. The number of ether oxygens (including phenoxy) is 2. The van der Waals surface area contributed by atoms with E-state index in [4.69, 9.17) is 9.47 Å². The second-order valence-electron chi connectivity index (χ2n) is 9.02. The number of esters is 1. The van der Waals surface area contributed by atoms with E-state index in [1.807, 2.05) is 24.3 Å². The van der Waals surface area contributed by atoms with Gasteiger partial charge in [0.25, 0.3) is 0 Å². The predicted octanol–water partition coefficient (Wildman–Crippen LogP) is 2.82. The Morgan fingerprint density at radius 1 is 1.06 bits per heavy atom. The van der Waals surface area contributed by atoms with Gasteiger partial charge in [0.05, 0.1) is 25.3 Å². The number of methoxy groups -OCH3 is 1. The van der Waals surface area contributed by atoms with Crippen LogP contribution in [0.25, 0.3) is 0 Å². The van der Waals surface area contributed by atoms with E-state index < -0.39 is 12.0 Å². The highest BCUT2D eigenvalue weighted by molar-refractivity contribution is 5.95. The molecule has 1 aromatic rings. The fourth-order valence-corrected chi connectivity index (χ4v) is 5.19. The van der Waals surface area contributed by atoms with Gasteiger partial charge in [0.15, 0.2) is 0 Å². The van der Waals surface area contributed by atoms with E-state index in [9.17, 15) is 9.59 Å². The van der Waals surface area contributed by atoms with Crippen molar-refractivity contribution in [3.63, 3.8) is 0 Å². The molecule has 2 amide bonds. The van der Waals surface area contributed by atoms with E-state index in [1.165, 1.54) is 32.4 Å². The van der Waals surface area contributed by atoms with Crippen molar-refractivity contribution in [3.8, 4) is 5.75 Å². The molecular weight excluding hydrogens is 420 g/mol. The number of amides is 2. The predicted molar refractivity (Wildman–Crippen MR) is 126 cm³/mol. The van der Waals surface area contributed by atoms with Crippen molar-refractivity contribution in [1.29, 1.82) is 0 Å². The molecule has 4 rings (SSSR count). The zero-order valence-corrected chi connectivity index (χ0v) is 19.8. The molecule has 2 N–H and O–H groups in total. The number of hydrogen-bond donors (Lipinski definition) is 2. The number of piperidine rings is 2. The number of likely N-dealkylation sites (tertiary alicyclic amines) is 2. The Hall–Kier alpha value is -2.58. The molecule has 0 aromatic heterocycles. The molecule has 33 heavy (non-hydrogen) atoms. The molecule has 0 aliphatic carbocycles. The van der Waals surface area contributed by atoms with E-state index in [0.717, 1.165) is 37.2 Å². The minimum Gasteiger partial charge on any atom is -0.497 e. The summed E-state index contributed by atoms with van der Waals surface area (Å²) >= 11 is 0. The Morgan fingerprint density at radius 2 is 1.76 bits per heavy atom. The lowest BCUT2D eigenvalue weighted by Gasteiger charge is -2.41. The summed E-state index contributed by atoms with van der Waals surface area (Å²) < 4.78 is 10.6. The highest BCUT2D eigenvalue weighted by Crippen LogP contribution is 2.30. The lowest BCUT2D eigenvalue weighted by molar-refractivity contribution is -0.139. The molecule has 0 unspecified atom stereocenters. The van der Waals surface area contributed by atoms with Crippen molar-refractivity contribution in [3.05, 3.63) is 41.1 Å². The van der Waals surface area contributed by atoms with Crippen LogP contribution in [0.15, 0.2) is 35.5 Å². The van der Waals surface area contributed by atoms with Crippen LogP contribution in [0.5, 0.6) is 5.75 Å². The van der Waals surface area contributed by atoms with Crippen molar-refractivity contribution in [2.75, 3.05) is 46.4 Å². The van der Waals surface area contributed by atoms with Gasteiger partial charge in [-0.25, -0.2) is 9.59 Å². The van der Waals surface area contributed by atoms with Crippen LogP contribution in [0, 0.1) is 0 Å². The highest BCUT2D eigenvalue weighted by Gasteiger charge is 2.35. The smallest absolute Gasteiger partial charge is 0.338 e. The van der Waals surface area contributed by atoms with Crippen LogP contribution in [0.4, 0.5) is 4.79 Å². The van der Waals surface area contributed by atoms with E-state index in [1.54, 1.807) is 14.0 Å². The summed E-state index contributed by atoms with van der Waals surface area (Å²) in [5, 5.41) is 5.80. The first kappa shape index (κ1) is 23.6. The fraction of sp³-hybridized carbons (Fsp3) is 0.600. The lowest BCUT2D eigenvalue weighted by Crippen LogP contribution is -2.51. The van der Waals surface area contributed by atoms with Crippen molar-refractivity contribution in [2.45, 2.75) is 51.1 Å². The van der Waals surface area contributed by atoms with E-state index in [0.29, 0.717) is 23.9 Å². The second-order valence-corrected chi connectivity index (χ2v) is 9.02. The van der Waals surface area contributed by atoms with Gasteiger partial charge in [0.2, 0.25) is 0 Å². The molecule has 1 atom stereocenters. The molecule has 1 aromatic carbocycles. The van der Waals surface area contributed by atoms with E-state index >= 15 is 0 Å². The van der Waals surface area contributed by atoms with Crippen molar-refractivity contribution in [1.82, 2.24) is 20.4 Å². The number of nitrogens with one attached hydrogen (secondary N) is 2. The number of nitrogens with zero attached hydrogens (tertiary/aromatic N) is 2. The zero-order chi connectivity index (χ0) is 23.2. The Morgan fingerprint density at radius 3 is 2.39 bits per heavy atom. The van der Waals surface area contributed by atoms with Gasteiger partial charge in [0, 0.05) is 31.4 Å². The van der Waals surface area contributed by atoms with Crippen molar-refractivity contribution in [2.24, 2.45) is 0 Å². The third-order valence-corrected chi connectivity index (χ3v) is 6.94. The Labute approximate surface area is 196 Å². The van der Waals surface area contributed by atoms with Crippen LogP contribution in [0.2, 0.25) is 0 Å². The van der Waals surface area contributed by atoms with Crippen LogP contribution in [0.3, 0.4) is 0 Å². The first-order valence-corrected chi connectivity index (χ1v) is 12.2. The maximum absolute atomic E-state index is 13.0. The monoisotopic (exact) mass is 456 g/mol. The first-order valence-electron chi connectivity index (χ1n) is 12.2. The molecule has 8 heteroatoms. The molecule has 3 aliphatic heterocycles. The standard InChI is InChI=1S/C25H36N4O4/c1-3-33-24(30)22-21(17-28-15-11-19(12-16-28)29-13-5-4-6-14-29)26-25(31)27-23(22)18-7-9-20(32-2)10-8-18/h7-10,19,23H,3-6,11-17H2,1-2H3,(H2,26,27,31)/t23-/m1/s1. The Bertz CT molecular complexity index is 856. The molecule has 0 radical (unpaired) electrons. The molecule has 0 spiro atoms. The largest absolute Gasteiger partial charge is 0.497 e. The summed E-state index contributed by atoms with van der Waals surface area (Å²) in [5.41, 5.74) is 1.92. The summed E-state index contributed by atoms with van der Waals surface area (Å²) in [6.45, 7) is 6.94. The fourth-order valence-electron chi connectivity index (χ4n) is 5.19. The number of benzene rings is 1. The number of rotatable bonds is 7. The zero-order valence-electron chi connectivity index (χ0n) is 19.8. The lowest BCUT2D eigenvalue weighted by atomic mass is 9.94. The first-order chi connectivity index (χ1) is 16.1. The van der Waals surface area contributed by atoms with Crippen LogP contribution >= 0.6 is 0 Å². The van der Waals surface area contributed by atoms with Crippen molar-refractivity contribution < 1.29 is 19.1 Å². The van der Waals surface area contributed by atoms with Gasteiger partial charge < -0.3 is 25.0 Å². The van der Waals surface area contributed by atoms with Crippen molar-refractivity contribution >= 4 is 12.0 Å². The topological polar surface area (TPSA) is 83.1 Å². The molecule has 180 valence electrons. The SMILES string of the molecule is CCOC(=O)C1=C(CN2CCC(N3CCCCC3)CC2)NC(=O)N[C@@H]1c1ccc(OC)cc1. The minimum atomic E-state index is -0.565. The van der Waals surface area contributed by atoms with Gasteiger partial charge in [-0.05, 0) is 63.4 Å². The number of carbonyl (C=O) groups is 2. The van der Waals surface area contributed by atoms with Gasteiger partial charge in [-0.3, -0.25) is 4.90 Å². The number of hydrogen-bond acceptors (Lipinski definition) is 6. The minimum absolute atomic E-state index is 0.278. The van der Waals surface area contributed by atoms with Crippen LogP contribution < -0.4 is 15.4 Å². The Balaban J connectivity index is 1.52. The van der Waals surface area contributed by atoms with Crippen LogP contribution in [-0.2, 0) is 9.53 Å². The van der Waals surface area contributed by atoms with Gasteiger partial charge in [-0.1, -0.05) is 18.6 Å². The average molecular weight is 457 g/mol. The quantitative estimate of drug-likeness (QED) is 0.614. The Kier molecular flexibility index (Phi) is 7.88. The van der Waals surface area contributed by atoms with Crippen LogP contribution in [0.1, 0.15) is 50.6 Å². The van der Waals surface area contributed by atoms with Gasteiger partial charge >= 0.3 is 12.0 Å². The van der Waals surface area contributed by atoms with Crippen LogP contribution in [-0.4, -0.2) is 74.3 Å².